The molecule has 4 aromatic rings. The predicted molar refractivity (Wildman–Crippen MR) is 126 cm³/mol. The average molecular weight is 468 g/mol. The summed E-state index contributed by atoms with van der Waals surface area (Å²) < 4.78 is 11.0. The van der Waals surface area contributed by atoms with Crippen molar-refractivity contribution in [3.8, 4) is 5.75 Å². The van der Waals surface area contributed by atoms with Crippen LogP contribution >= 0.6 is 11.6 Å². The normalized spacial score (nSPS) is 11.3. The highest BCUT2D eigenvalue weighted by molar-refractivity contribution is 6.30. The Morgan fingerprint density at radius 3 is 2.45 bits per heavy atom. The zero-order valence-corrected chi connectivity index (χ0v) is 19.2. The molecule has 0 radical (unpaired) electrons. The van der Waals surface area contributed by atoms with Gasteiger partial charge in [-0.15, -0.1) is 0 Å². The van der Waals surface area contributed by atoms with Crippen LogP contribution in [0.15, 0.2) is 42.9 Å². The molecule has 3 aromatic heterocycles. The van der Waals surface area contributed by atoms with Gasteiger partial charge in [0.25, 0.3) is 0 Å². The smallest absolute Gasteiger partial charge is 0.360 e. The topological polar surface area (TPSA) is 127 Å². The number of nitrogens with zero attached hydrogens (tertiary/aromatic N) is 4. The molecule has 3 N–H and O–H groups in total. The molecule has 0 aliphatic heterocycles. The molecule has 1 aromatic carbocycles. The van der Waals surface area contributed by atoms with E-state index in [-0.39, 0.29) is 5.69 Å². The predicted octanol–water partition coefficient (Wildman–Crippen LogP) is 4.85. The van der Waals surface area contributed by atoms with Crippen molar-refractivity contribution in [2.75, 3.05) is 17.7 Å². The number of benzene rings is 1. The van der Waals surface area contributed by atoms with E-state index in [0.29, 0.717) is 44.8 Å². The fraction of sp³-hybridized carbons (Fsp3) is 0.227. The maximum Gasteiger partial charge on any atom is 0.360 e. The zero-order chi connectivity index (χ0) is 23.6. The van der Waals surface area contributed by atoms with Gasteiger partial charge in [-0.25, -0.2) is 19.7 Å². The van der Waals surface area contributed by atoms with Gasteiger partial charge in [0.05, 0.1) is 23.3 Å². The van der Waals surface area contributed by atoms with Crippen molar-refractivity contribution in [1.82, 2.24) is 25.1 Å². The van der Waals surface area contributed by atoms with Crippen molar-refractivity contribution in [2.45, 2.75) is 26.4 Å². The van der Waals surface area contributed by atoms with Crippen LogP contribution < -0.4 is 15.4 Å². The van der Waals surface area contributed by atoms with Gasteiger partial charge in [0, 0.05) is 23.7 Å². The number of carbonyl (C=O) groups is 1. The highest BCUT2D eigenvalue weighted by Gasteiger charge is 2.23. The largest absolute Gasteiger partial charge is 0.494 e. The van der Waals surface area contributed by atoms with E-state index in [1.807, 2.05) is 0 Å². The molecule has 0 spiro atoms. The Morgan fingerprint density at radius 2 is 1.79 bits per heavy atom. The van der Waals surface area contributed by atoms with Crippen molar-refractivity contribution >= 4 is 51.6 Å². The lowest BCUT2D eigenvalue weighted by molar-refractivity contribution is 0.00650. The van der Waals surface area contributed by atoms with Gasteiger partial charge < -0.3 is 20.1 Å². The molecule has 0 unspecified atom stereocenters. The van der Waals surface area contributed by atoms with Crippen molar-refractivity contribution in [3.05, 3.63) is 53.6 Å². The van der Waals surface area contributed by atoms with Gasteiger partial charge in [-0.05, 0) is 39.0 Å². The number of hydrogen-bond acceptors (Lipinski definition) is 9. The molecule has 10 nitrogen and oxygen atoms in total. The first-order chi connectivity index (χ1) is 15.7. The van der Waals surface area contributed by atoms with Crippen molar-refractivity contribution in [1.29, 1.82) is 0 Å². The number of pyridine rings is 1. The number of esters is 1. The van der Waals surface area contributed by atoms with Gasteiger partial charge in [0.15, 0.2) is 5.69 Å². The molecule has 0 amide bonds. The molecule has 0 bridgehead atoms. The lowest BCUT2D eigenvalue weighted by Gasteiger charge is -2.18. The molecule has 4 rings (SSSR count). The molecular weight excluding hydrogens is 446 g/mol. The zero-order valence-electron chi connectivity index (χ0n) is 18.4. The van der Waals surface area contributed by atoms with E-state index < -0.39 is 11.6 Å². The van der Waals surface area contributed by atoms with Crippen molar-refractivity contribution in [2.24, 2.45) is 0 Å². The summed E-state index contributed by atoms with van der Waals surface area (Å²) in [5.41, 5.74) is 0.770. The third-order valence-corrected chi connectivity index (χ3v) is 4.61. The van der Waals surface area contributed by atoms with Crippen LogP contribution in [0, 0.1) is 0 Å². The quantitative estimate of drug-likeness (QED) is 0.341. The number of aromatic amines is 1. The first kappa shape index (κ1) is 22.3. The minimum absolute atomic E-state index is 0.185. The molecule has 0 saturated carbocycles. The number of carbonyl (C=O) groups excluding carboxylic acids is 1. The number of ether oxygens (including phenoxy) is 2. The number of hydrogen-bond donors (Lipinski definition) is 3. The lowest BCUT2D eigenvalue weighted by Crippen LogP contribution is -2.24. The molecular formula is C22H22ClN7O3. The van der Waals surface area contributed by atoms with E-state index in [4.69, 9.17) is 21.1 Å². The second-order valence-electron chi connectivity index (χ2n) is 8.07. The maximum atomic E-state index is 12.6. The first-order valence-electron chi connectivity index (χ1n) is 9.99. The number of fused-ring (bicyclic) bond motifs is 1. The summed E-state index contributed by atoms with van der Waals surface area (Å²) in [4.78, 5) is 25.3. The van der Waals surface area contributed by atoms with E-state index in [0.717, 1.165) is 0 Å². The number of halogens is 1. The van der Waals surface area contributed by atoms with Crippen LogP contribution in [0.25, 0.3) is 10.9 Å². The molecule has 170 valence electrons. The van der Waals surface area contributed by atoms with E-state index in [9.17, 15) is 4.79 Å². The van der Waals surface area contributed by atoms with Crippen LogP contribution in [0.4, 0.5) is 23.1 Å². The molecule has 0 fully saturated rings. The van der Waals surface area contributed by atoms with Crippen molar-refractivity contribution < 1.29 is 14.3 Å². The number of anilines is 4. The first-order valence-corrected chi connectivity index (χ1v) is 10.4. The SMILES string of the molecule is COc1cc2[nH]nc(C(=O)OC(C)(C)C)c2cc1Nc1cc(Nc2ccc(Cl)cn2)ncn1. The Balaban J connectivity index is 1.63. The highest BCUT2D eigenvalue weighted by Crippen LogP contribution is 2.33. The Labute approximate surface area is 194 Å². The highest BCUT2D eigenvalue weighted by atomic mass is 35.5. The molecule has 33 heavy (non-hydrogen) atoms. The number of aromatic nitrogens is 5. The Hall–Kier alpha value is -3.92. The van der Waals surface area contributed by atoms with E-state index in [2.05, 4.69) is 35.8 Å². The monoisotopic (exact) mass is 467 g/mol. The molecule has 0 saturated heterocycles. The molecule has 0 aliphatic carbocycles. The number of rotatable bonds is 6. The molecule has 11 heteroatoms. The number of nitrogens with one attached hydrogen (secondary N) is 3. The third-order valence-electron chi connectivity index (χ3n) is 4.39. The number of methoxy groups -OCH3 is 1. The van der Waals surface area contributed by atoms with Crippen LogP contribution in [-0.2, 0) is 4.74 Å². The van der Waals surface area contributed by atoms with E-state index in [1.54, 1.807) is 58.2 Å². The summed E-state index contributed by atoms with van der Waals surface area (Å²) in [6, 6.07) is 8.68. The summed E-state index contributed by atoms with van der Waals surface area (Å²) in [6.45, 7) is 5.40. The lowest BCUT2D eigenvalue weighted by atomic mass is 10.1. The second-order valence-corrected chi connectivity index (χ2v) is 8.51. The van der Waals surface area contributed by atoms with Gasteiger partial charge in [0.1, 0.15) is 35.1 Å². The summed E-state index contributed by atoms with van der Waals surface area (Å²) in [7, 11) is 1.55. The van der Waals surface area contributed by atoms with Crippen LogP contribution in [-0.4, -0.2) is 43.8 Å². The van der Waals surface area contributed by atoms with Crippen LogP contribution in [0.1, 0.15) is 31.3 Å². The third kappa shape index (κ3) is 5.29. The molecule has 0 atom stereocenters. The second kappa shape index (κ2) is 8.91. The van der Waals surface area contributed by atoms with Crippen molar-refractivity contribution in [3.63, 3.8) is 0 Å². The minimum atomic E-state index is -0.640. The van der Waals surface area contributed by atoms with Crippen LogP contribution in [0.5, 0.6) is 5.75 Å². The Bertz CT molecular complexity index is 1300. The van der Waals surface area contributed by atoms with Gasteiger partial charge in [-0.3, -0.25) is 5.10 Å². The van der Waals surface area contributed by atoms with Crippen LogP contribution in [0.3, 0.4) is 0 Å². The van der Waals surface area contributed by atoms with Gasteiger partial charge >= 0.3 is 5.97 Å². The van der Waals surface area contributed by atoms with Gasteiger partial charge in [0.2, 0.25) is 0 Å². The fourth-order valence-electron chi connectivity index (χ4n) is 3.01. The van der Waals surface area contributed by atoms with Gasteiger partial charge in [-0.1, -0.05) is 11.6 Å². The average Bonchev–Trinajstić information content (AvgIpc) is 3.17. The van der Waals surface area contributed by atoms with Gasteiger partial charge in [-0.2, -0.15) is 5.10 Å². The molecule has 0 aliphatic rings. The Morgan fingerprint density at radius 1 is 1.03 bits per heavy atom. The summed E-state index contributed by atoms with van der Waals surface area (Å²) in [5, 5.41) is 14.4. The Kier molecular flexibility index (Phi) is 6.01. The maximum absolute atomic E-state index is 12.6. The summed E-state index contributed by atoms with van der Waals surface area (Å²) in [5.74, 6) is 1.63. The summed E-state index contributed by atoms with van der Waals surface area (Å²) in [6.07, 6.45) is 2.95. The summed E-state index contributed by atoms with van der Waals surface area (Å²) >= 11 is 5.88. The number of H-pyrrole nitrogens is 1. The van der Waals surface area contributed by atoms with E-state index >= 15 is 0 Å². The molecule has 3 heterocycles. The van der Waals surface area contributed by atoms with Crippen LogP contribution in [0.2, 0.25) is 5.02 Å². The standard InChI is InChI=1S/C22H22ClN7O3/c1-22(2,3)33-21(31)20-13-7-15(16(32-4)8-14(13)29-30-20)27-18-9-19(26-11-25-18)28-17-6-5-12(23)10-24-17/h5-11H,1-4H3,(H,29,30)(H2,24,25,26,27,28). The fourth-order valence-corrected chi connectivity index (χ4v) is 3.12. The minimum Gasteiger partial charge on any atom is -0.494 e. The van der Waals surface area contributed by atoms with E-state index in [1.165, 1.54) is 12.5 Å².